The first-order chi connectivity index (χ1) is 9.08. The van der Waals surface area contributed by atoms with Crippen molar-refractivity contribution in [3.63, 3.8) is 0 Å². The fourth-order valence-corrected chi connectivity index (χ4v) is 3.25. The fraction of sp³-hybridized carbons (Fsp3) is 0.500. The average Bonchev–Trinajstić information content (AvgIpc) is 2.89. The van der Waals surface area contributed by atoms with Gasteiger partial charge >= 0.3 is 0 Å². The van der Waals surface area contributed by atoms with Gasteiger partial charge in [-0.25, -0.2) is 4.39 Å². The summed E-state index contributed by atoms with van der Waals surface area (Å²) in [6.45, 7) is 0.515. The van der Waals surface area contributed by atoms with E-state index in [0.29, 0.717) is 16.9 Å². The van der Waals surface area contributed by atoms with Gasteiger partial charge in [-0.1, -0.05) is 18.9 Å². The van der Waals surface area contributed by atoms with Crippen LogP contribution >= 0.6 is 27.5 Å². The Balaban J connectivity index is 2.03. The molecule has 0 aromatic heterocycles. The van der Waals surface area contributed by atoms with Gasteiger partial charge in [0.25, 0.3) is 5.91 Å². The maximum absolute atomic E-state index is 13.8. The number of carbonyl (C=O) groups excluding carboxylic acids is 1. The summed E-state index contributed by atoms with van der Waals surface area (Å²) >= 11 is 9.10. The lowest BCUT2D eigenvalue weighted by molar-refractivity contribution is 0.0931. The highest BCUT2D eigenvalue weighted by molar-refractivity contribution is 9.10. The zero-order valence-corrected chi connectivity index (χ0v) is 12.9. The van der Waals surface area contributed by atoms with Crippen LogP contribution in [0.2, 0.25) is 0 Å². The van der Waals surface area contributed by atoms with Crippen molar-refractivity contribution in [3.05, 3.63) is 34.1 Å². The van der Waals surface area contributed by atoms with E-state index in [4.69, 9.17) is 11.6 Å². The van der Waals surface area contributed by atoms with E-state index in [1.807, 2.05) is 0 Å². The molecule has 1 aromatic rings. The van der Waals surface area contributed by atoms with E-state index in [-0.39, 0.29) is 16.9 Å². The molecule has 0 aliphatic heterocycles. The second-order valence-corrected chi connectivity index (χ2v) is 6.25. The molecule has 0 saturated heterocycles. The van der Waals surface area contributed by atoms with E-state index >= 15 is 0 Å². The summed E-state index contributed by atoms with van der Waals surface area (Å²) in [6, 6.07) is 4.70. The van der Waals surface area contributed by atoms with Crippen LogP contribution in [0.5, 0.6) is 0 Å². The molecule has 1 fully saturated rings. The number of benzene rings is 1. The van der Waals surface area contributed by atoms with Crippen molar-refractivity contribution in [3.8, 4) is 0 Å². The third-order valence-corrected chi connectivity index (χ3v) is 4.95. The van der Waals surface area contributed by atoms with Crippen molar-refractivity contribution in [1.29, 1.82) is 0 Å². The van der Waals surface area contributed by atoms with Gasteiger partial charge in [0.1, 0.15) is 5.82 Å². The highest BCUT2D eigenvalue weighted by atomic mass is 79.9. The number of amides is 1. The lowest BCUT2D eigenvalue weighted by atomic mass is 9.88. The van der Waals surface area contributed by atoms with Crippen LogP contribution in [0.3, 0.4) is 0 Å². The third-order valence-electron chi connectivity index (χ3n) is 3.77. The molecule has 0 atom stereocenters. The van der Waals surface area contributed by atoms with Crippen LogP contribution in [0.25, 0.3) is 0 Å². The first-order valence-corrected chi connectivity index (χ1v) is 7.69. The maximum atomic E-state index is 13.8. The van der Waals surface area contributed by atoms with E-state index in [2.05, 4.69) is 21.2 Å². The number of halogens is 3. The van der Waals surface area contributed by atoms with Crippen LogP contribution in [0.15, 0.2) is 22.7 Å². The molecule has 0 radical (unpaired) electrons. The molecule has 104 valence electrons. The van der Waals surface area contributed by atoms with Gasteiger partial charge in [0.05, 0.1) is 10.0 Å². The molecule has 0 spiro atoms. The Labute approximate surface area is 125 Å². The standard InChI is InChI=1S/C14H16BrClFNO/c15-11-5-3-4-10(12(11)17)13(19)18-9-14(8-16)6-1-2-7-14/h3-5H,1-2,6-9H2,(H,18,19). The predicted molar refractivity (Wildman–Crippen MR) is 78.1 cm³/mol. The molecule has 0 bridgehead atoms. The van der Waals surface area contributed by atoms with Gasteiger partial charge in [0.15, 0.2) is 0 Å². The Morgan fingerprint density at radius 3 is 2.74 bits per heavy atom. The summed E-state index contributed by atoms with van der Waals surface area (Å²) in [5.74, 6) is -0.365. The third kappa shape index (κ3) is 3.29. The predicted octanol–water partition coefficient (Wildman–Crippen LogP) is 4.12. The van der Waals surface area contributed by atoms with E-state index in [1.54, 1.807) is 12.1 Å². The highest BCUT2D eigenvalue weighted by Gasteiger charge is 2.33. The highest BCUT2D eigenvalue weighted by Crippen LogP contribution is 2.38. The lowest BCUT2D eigenvalue weighted by Gasteiger charge is -2.26. The maximum Gasteiger partial charge on any atom is 0.254 e. The van der Waals surface area contributed by atoms with Crippen LogP contribution in [0, 0.1) is 11.2 Å². The molecule has 2 nitrogen and oxygen atoms in total. The van der Waals surface area contributed by atoms with E-state index in [0.717, 1.165) is 25.7 Å². The molecule has 1 saturated carbocycles. The molecule has 1 aromatic carbocycles. The summed E-state index contributed by atoms with van der Waals surface area (Å²) in [7, 11) is 0. The Kier molecular flexibility index (Phi) is 4.85. The molecule has 5 heteroatoms. The normalized spacial score (nSPS) is 17.4. The van der Waals surface area contributed by atoms with Crippen molar-refractivity contribution in [2.45, 2.75) is 25.7 Å². The zero-order valence-electron chi connectivity index (χ0n) is 10.5. The van der Waals surface area contributed by atoms with Crippen molar-refractivity contribution in [2.75, 3.05) is 12.4 Å². The summed E-state index contributed by atoms with van der Waals surface area (Å²) in [5, 5.41) is 2.82. The number of carbonyl (C=O) groups is 1. The van der Waals surface area contributed by atoms with Gasteiger partial charge in [-0.15, -0.1) is 11.6 Å². The number of nitrogens with one attached hydrogen (secondary N) is 1. The summed E-state index contributed by atoms with van der Waals surface area (Å²) < 4.78 is 14.1. The minimum Gasteiger partial charge on any atom is -0.351 e. The largest absolute Gasteiger partial charge is 0.351 e. The van der Waals surface area contributed by atoms with E-state index in [1.165, 1.54) is 6.07 Å². The van der Waals surface area contributed by atoms with Crippen molar-refractivity contribution in [1.82, 2.24) is 5.32 Å². The van der Waals surface area contributed by atoms with Crippen molar-refractivity contribution in [2.24, 2.45) is 5.41 Å². The van der Waals surface area contributed by atoms with Crippen LogP contribution < -0.4 is 5.32 Å². The van der Waals surface area contributed by atoms with E-state index in [9.17, 15) is 9.18 Å². The second-order valence-electron chi connectivity index (χ2n) is 5.12. The molecular formula is C14H16BrClFNO. The van der Waals surface area contributed by atoms with Gasteiger partial charge in [0, 0.05) is 17.8 Å². The molecule has 1 N–H and O–H groups in total. The molecule has 1 aliphatic rings. The fourth-order valence-electron chi connectivity index (χ4n) is 2.52. The Morgan fingerprint density at radius 1 is 1.42 bits per heavy atom. The van der Waals surface area contributed by atoms with Gasteiger partial charge in [-0.05, 0) is 40.9 Å². The quantitative estimate of drug-likeness (QED) is 0.815. The summed E-state index contributed by atoms with van der Waals surface area (Å²) in [6.07, 6.45) is 4.34. The average molecular weight is 349 g/mol. The van der Waals surface area contributed by atoms with E-state index < -0.39 is 5.82 Å². The topological polar surface area (TPSA) is 29.1 Å². The minimum absolute atomic E-state index is 0.0142. The summed E-state index contributed by atoms with van der Waals surface area (Å²) in [5.41, 5.74) is 0.0526. The van der Waals surface area contributed by atoms with Crippen LogP contribution in [0.1, 0.15) is 36.0 Å². The van der Waals surface area contributed by atoms with Gasteiger partial charge in [-0.2, -0.15) is 0 Å². The van der Waals surface area contributed by atoms with Crippen molar-refractivity contribution >= 4 is 33.4 Å². The number of rotatable bonds is 4. The monoisotopic (exact) mass is 347 g/mol. The summed E-state index contributed by atoms with van der Waals surface area (Å²) in [4.78, 5) is 12.0. The Bertz CT molecular complexity index is 475. The Morgan fingerprint density at radius 2 is 2.11 bits per heavy atom. The van der Waals surface area contributed by atoms with Gasteiger partial charge in [0.2, 0.25) is 0 Å². The molecule has 2 rings (SSSR count). The Hall–Kier alpha value is -0.610. The second kappa shape index (κ2) is 6.23. The number of hydrogen-bond acceptors (Lipinski definition) is 1. The van der Waals surface area contributed by atoms with Crippen LogP contribution in [0.4, 0.5) is 4.39 Å². The first-order valence-electron chi connectivity index (χ1n) is 6.36. The molecule has 1 aliphatic carbocycles. The van der Waals surface area contributed by atoms with Gasteiger partial charge < -0.3 is 5.32 Å². The first kappa shape index (κ1) is 14.8. The zero-order chi connectivity index (χ0) is 13.9. The molecule has 1 amide bonds. The van der Waals surface area contributed by atoms with Crippen LogP contribution in [-0.4, -0.2) is 18.3 Å². The molecule has 0 heterocycles. The van der Waals surface area contributed by atoms with Crippen molar-refractivity contribution < 1.29 is 9.18 Å². The smallest absolute Gasteiger partial charge is 0.254 e. The van der Waals surface area contributed by atoms with Gasteiger partial charge in [-0.3, -0.25) is 4.79 Å². The number of alkyl halides is 1. The molecule has 19 heavy (non-hydrogen) atoms. The molecule has 0 unspecified atom stereocenters. The minimum atomic E-state index is -0.522. The molecular weight excluding hydrogens is 333 g/mol. The SMILES string of the molecule is O=C(NCC1(CCl)CCCC1)c1cccc(Br)c1F. The lowest BCUT2D eigenvalue weighted by Crippen LogP contribution is -2.37. The number of hydrogen-bond donors (Lipinski definition) is 1. The van der Waals surface area contributed by atoms with Crippen LogP contribution in [-0.2, 0) is 0 Å².